The third kappa shape index (κ3) is 3.83. The zero-order chi connectivity index (χ0) is 18.7. The Kier molecular flexibility index (Phi) is 5.47. The quantitative estimate of drug-likeness (QED) is 0.725. The van der Waals surface area contributed by atoms with E-state index in [1.54, 1.807) is 21.9 Å². The Morgan fingerprint density at radius 3 is 2.27 bits per heavy atom. The highest BCUT2D eigenvalue weighted by molar-refractivity contribution is 7.89. The van der Waals surface area contributed by atoms with Gasteiger partial charge in [0, 0.05) is 39.1 Å². The molecule has 0 aromatic heterocycles. The number of nitrogens with zero attached hydrogens (tertiary/aromatic N) is 3. The summed E-state index contributed by atoms with van der Waals surface area (Å²) in [5.74, 6) is 0.483. The van der Waals surface area contributed by atoms with Crippen molar-refractivity contribution in [1.29, 1.82) is 0 Å². The van der Waals surface area contributed by atoms with E-state index in [2.05, 4.69) is 0 Å². The van der Waals surface area contributed by atoms with Gasteiger partial charge in [-0.15, -0.1) is 0 Å². The molecule has 2 aliphatic rings. The average Bonchev–Trinajstić information content (AvgIpc) is 3.06. The summed E-state index contributed by atoms with van der Waals surface area (Å²) in [7, 11) is -2.07. The van der Waals surface area contributed by atoms with Crippen LogP contribution < -0.4 is 4.74 Å². The van der Waals surface area contributed by atoms with Gasteiger partial charge in [-0.25, -0.2) is 8.42 Å². The molecule has 1 aromatic carbocycles. The van der Waals surface area contributed by atoms with Gasteiger partial charge in [0.05, 0.1) is 18.6 Å². The van der Waals surface area contributed by atoms with E-state index in [0.717, 1.165) is 6.42 Å². The zero-order valence-electron chi connectivity index (χ0n) is 14.8. The predicted molar refractivity (Wildman–Crippen MR) is 94.1 cm³/mol. The summed E-state index contributed by atoms with van der Waals surface area (Å²) in [5.41, 5.74) is 0. The summed E-state index contributed by atoms with van der Waals surface area (Å²) >= 11 is 0. The van der Waals surface area contributed by atoms with E-state index in [9.17, 15) is 18.0 Å². The molecule has 2 fully saturated rings. The Morgan fingerprint density at radius 2 is 1.73 bits per heavy atom. The fourth-order valence-electron chi connectivity index (χ4n) is 3.21. The van der Waals surface area contributed by atoms with E-state index < -0.39 is 10.0 Å². The maximum atomic E-state index is 12.7. The maximum Gasteiger partial charge on any atom is 0.243 e. The molecule has 0 spiro atoms. The third-order valence-corrected chi connectivity index (χ3v) is 6.70. The molecule has 0 radical (unpaired) electrons. The topological polar surface area (TPSA) is 87.2 Å². The number of rotatable bonds is 5. The molecule has 0 saturated carbocycles. The largest absolute Gasteiger partial charge is 0.497 e. The van der Waals surface area contributed by atoms with Gasteiger partial charge in [0.25, 0.3) is 0 Å². The van der Waals surface area contributed by atoms with Gasteiger partial charge < -0.3 is 14.5 Å². The molecule has 2 aliphatic heterocycles. The number of likely N-dealkylation sites (tertiary alicyclic amines) is 1. The summed E-state index contributed by atoms with van der Waals surface area (Å²) in [6.07, 6.45) is 1.29. The van der Waals surface area contributed by atoms with Crippen molar-refractivity contribution in [2.24, 2.45) is 0 Å². The van der Waals surface area contributed by atoms with Crippen LogP contribution in [0.3, 0.4) is 0 Å². The summed E-state index contributed by atoms with van der Waals surface area (Å²) < 4.78 is 31.9. The number of hydrogen-bond acceptors (Lipinski definition) is 5. The highest BCUT2D eigenvalue weighted by atomic mass is 32.2. The Labute approximate surface area is 153 Å². The number of methoxy groups -OCH3 is 1. The van der Waals surface area contributed by atoms with Crippen LogP contribution in [0.25, 0.3) is 0 Å². The normalized spacial score (nSPS) is 19.0. The minimum atomic E-state index is -3.59. The molecule has 0 N–H and O–H groups in total. The van der Waals surface area contributed by atoms with Crippen molar-refractivity contribution in [3.8, 4) is 5.75 Å². The monoisotopic (exact) mass is 381 g/mol. The zero-order valence-corrected chi connectivity index (χ0v) is 15.6. The summed E-state index contributed by atoms with van der Waals surface area (Å²) in [6, 6.07) is 6.26. The number of carbonyl (C=O) groups excluding carboxylic acids is 2. The minimum Gasteiger partial charge on any atom is -0.497 e. The molecule has 8 nitrogen and oxygen atoms in total. The molecule has 0 atom stereocenters. The van der Waals surface area contributed by atoms with E-state index in [-0.39, 0.29) is 36.3 Å². The van der Waals surface area contributed by atoms with Gasteiger partial charge in [-0.2, -0.15) is 4.31 Å². The van der Waals surface area contributed by atoms with Gasteiger partial charge in [-0.05, 0) is 30.7 Å². The fourth-order valence-corrected chi connectivity index (χ4v) is 4.63. The predicted octanol–water partition coefficient (Wildman–Crippen LogP) is 0.151. The number of amides is 2. The molecule has 2 heterocycles. The molecule has 3 rings (SSSR count). The van der Waals surface area contributed by atoms with E-state index >= 15 is 0 Å². The first kappa shape index (κ1) is 18.7. The first-order valence-electron chi connectivity index (χ1n) is 8.61. The smallest absolute Gasteiger partial charge is 0.243 e. The molecule has 9 heteroatoms. The fraction of sp³-hybridized carbons (Fsp3) is 0.529. The number of hydrogen-bond donors (Lipinski definition) is 0. The van der Waals surface area contributed by atoms with Crippen molar-refractivity contribution >= 4 is 21.8 Å². The van der Waals surface area contributed by atoms with Crippen LogP contribution in [0.5, 0.6) is 5.75 Å². The van der Waals surface area contributed by atoms with Crippen molar-refractivity contribution in [2.45, 2.75) is 17.7 Å². The van der Waals surface area contributed by atoms with Crippen LogP contribution in [0, 0.1) is 0 Å². The van der Waals surface area contributed by atoms with Crippen molar-refractivity contribution in [3.63, 3.8) is 0 Å². The lowest BCUT2D eigenvalue weighted by atomic mass is 10.3. The van der Waals surface area contributed by atoms with E-state index in [1.165, 1.54) is 23.5 Å². The van der Waals surface area contributed by atoms with Crippen molar-refractivity contribution < 1.29 is 22.7 Å². The molecular formula is C17H23N3O5S. The lowest BCUT2D eigenvalue weighted by Crippen LogP contribution is -2.52. The number of ether oxygens (including phenoxy) is 1. The minimum absolute atomic E-state index is 0.0130. The summed E-state index contributed by atoms with van der Waals surface area (Å²) in [5, 5.41) is 0. The van der Waals surface area contributed by atoms with Crippen molar-refractivity contribution in [1.82, 2.24) is 14.1 Å². The number of sulfonamides is 1. The number of benzene rings is 1. The van der Waals surface area contributed by atoms with E-state index in [4.69, 9.17) is 4.74 Å². The third-order valence-electron chi connectivity index (χ3n) is 4.79. The average molecular weight is 381 g/mol. The second kappa shape index (κ2) is 7.63. The van der Waals surface area contributed by atoms with Gasteiger partial charge in [0.1, 0.15) is 5.75 Å². The Morgan fingerprint density at radius 1 is 1.08 bits per heavy atom. The Balaban J connectivity index is 1.58. The second-order valence-electron chi connectivity index (χ2n) is 6.38. The van der Waals surface area contributed by atoms with Gasteiger partial charge in [-0.1, -0.05) is 0 Å². The SMILES string of the molecule is COc1ccc(S(=O)(=O)N2CCN(C(=O)CN3CCCC3=O)CC2)cc1. The molecule has 142 valence electrons. The van der Waals surface area contributed by atoms with Crippen molar-refractivity contribution in [3.05, 3.63) is 24.3 Å². The lowest BCUT2D eigenvalue weighted by Gasteiger charge is -2.34. The number of piperazine rings is 1. The second-order valence-corrected chi connectivity index (χ2v) is 8.32. The highest BCUT2D eigenvalue weighted by Gasteiger charge is 2.31. The number of carbonyl (C=O) groups is 2. The molecule has 0 bridgehead atoms. The van der Waals surface area contributed by atoms with Gasteiger partial charge in [-0.3, -0.25) is 9.59 Å². The van der Waals surface area contributed by atoms with Gasteiger partial charge >= 0.3 is 0 Å². The molecular weight excluding hydrogens is 358 g/mol. The van der Waals surface area contributed by atoms with Gasteiger partial charge in [0.2, 0.25) is 21.8 Å². The summed E-state index contributed by atoms with van der Waals surface area (Å²) in [6.45, 7) is 1.86. The van der Waals surface area contributed by atoms with Crippen LogP contribution in [0.15, 0.2) is 29.2 Å². The van der Waals surface area contributed by atoms with E-state index in [0.29, 0.717) is 31.8 Å². The van der Waals surface area contributed by atoms with Crippen LogP contribution in [-0.2, 0) is 19.6 Å². The van der Waals surface area contributed by atoms with Crippen LogP contribution in [-0.4, -0.2) is 80.7 Å². The van der Waals surface area contributed by atoms with Crippen LogP contribution in [0.4, 0.5) is 0 Å². The summed E-state index contributed by atoms with van der Waals surface area (Å²) in [4.78, 5) is 27.4. The molecule has 0 unspecified atom stereocenters. The Bertz CT molecular complexity index is 770. The van der Waals surface area contributed by atoms with Crippen LogP contribution in [0.2, 0.25) is 0 Å². The first-order chi connectivity index (χ1) is 12.4. The van der Waals surface area contributed by atoms with Crippen molar-refractivity contribution in [2.75, 3.05) is 46.4 Å². The van der Waals surface area contributed by atoms with Gasteiger partial charge in [0.15, 0.2) is 0 Å². The van der Waals surface area contributed by atoms with Crippen LogP contribution in [0.1, 0.15) is 12.8 Å². The highest BCUT2D eigenvalue weighted by Crippen LogP contribution is 2.21. The standard InChI is InChI=1S/C17H23N3O5S/c1-25-14-4-6-15(7-5-14)26(23,24)20-11-9-18(10-12-20)17(22)13-19-8-2-3-16(19)21/h4-7H,2-3,8-13H2,1H3. The maximum absolute atomic E-state index is 12.7. The van der Waals surface area contributed by atoms with Crippen LogP contribution >= 0.6 is 0 Å². The molecule has 26 heavy (non-hydrogen) atoms. The van der Waals surface area contributed by atoms with E-state index in [1.807, 2.05) is 0 Å². The molecule has 1 aromatic rings. The molecule has 0 aliphatic carbocycles. The lowest BCUT2D eigenvalue weighted by molar-refractivity contribution is -0.139. The Hall–Kier alpha value is -2.13. The molecule has 2 saturated heterocycles. The first-order valence-corrected chi connectivity index (χ1v) is 10.1. The molecule has 2 amide bonds.